The minimum absolute atomic E-state index is 0.0697. The molecule has 3 N–H and O–H groups in total. The maximum Gasteiger partial charge on any atom is 0.253 e. The zero-order chi connectivity index (χ0) is 20.9. The standard InChI is InChI=1S/C21H35N5O3/c1-22-21(23-10-12-26(2)11-6-13-28-3)24-16-17-7-4-8-18(15-17)25-20(27)19-9-5-14-29-19/h4,7-8,15,19H,5-6,9-14,16H2,1-3H3,(H,25,27)(H2,22,23,24). The third-order valence-electron chi connectivity index (χ3n) is 4.77. The Hall–Kier alpha value is -2.16. The Morgan fingerprint density at radius 1 is 1.34 bits per heavy atom. The maximum atomic E-state index is 12.2. The molecule has 0 radical (unpaired) electrons. The first kappa shape index (κ1) is 23.1. The van der Waals surface area contributed by atoms with Crippen LogP contribution in [0.1, 0.15) is 24.8 Å². The van der Waals surface area contributed by atoms with Gasteiger partial charge in [-0.05, 0) is 44.0 Å². The van der Waals surface area contributed by atoms with E-state index in [1.807, 2.05) is 24.3 Å². The number of likely N-dealkylation sites (N-methyl/N-ethyl adjacent to an activating group) is 1. The van der Waals surface area contributed by atoms with Crippen molar-refractivity contribution in [1.82, 2.24) is 15.5 Å². The highest BCUT2D eigenvalue weighted by molar-refractivity contribution is 5.94. The zero-order valence-corrected chi connectivity index (χ0v) is 17.9. The first-order valence-electron chi connectivity index (χ1n) is 10.3. The van der Waals surface area contributed by atoms with Crippen molar-refractivity contribution >= 4 is 17.6 Å². The van der Waals surface area contributed by atoms with Crippen LogP contribution in [0, 0.1) is 0 Å². The fourth-order valence-corrected chi connectivity index (χ4v) is 3.13. The van der Waals surface area contributed by atoms with E-state index in [2.05, 4.69) is 32.9 Å². The van der Waals surface area contributed by atoms with Crippen LogP contribution in [-0.2, 0) is 20.8 Å². The number of amides is 1. The molecule has 8 heteroatoms. The van der Waals surface area contributed by atoms with E-state index in [1.54, 1.807) is 14.2 Å². The van der Waals surface area contributed by atoms with Crippen molar-refractivity contribution in [3.8, 4) is 0 Å². The van der Waals surface area contributed by atoms with Crippen molar-refractivity contribution < 1.29 is 14.3 Å². The summed E-state index contributed by atoms with van der Waals surface area (Å²) in [4.78, 5) is 18.7. The van der Waals surface area contributed by atoms with Gasteiger partial charge in [0.2, 0.25) is 0 Å². The van der Waals surface area contributed by atoms with E-state index in [1.165, 1.54) is 0 Å². The predicted octanol–water partition coefficient (Wildman–Crippen LogP) is 1.44. The summed E-state index contributed by atoms with van der Waals surface area (Å²) in [6.45, 7) is 4.81. The first-order chi connectivity index (χ1) is 14.1. The number of hydrogen-bond donors (Lipinski definition) is 3. The molecular formula is C21H35N5O3. The Morgan fingerprint density at radius 2 is 2.21 bits per heavy atom. The number of rotatable bonds is 11. The van der Waals surface area contributed by atoms with E-state index in [9.17, 15) is 4.79 Å². The van der Waals surface area contributed by atoms with Crippen LogP contribution < -0.4 is 16.0 Å². The summed E-state index contributed by atoms with van der Waals surface area (Å²) in [5, 5.41) is 9.58. The van der Waals surface area contributed by atoms with Gasteiger partial charge in [-0.25, -0.2) is 0 Å². The van der Waals surface area contributed by atoms with Gasteiger partial charge in [0.25, 0.3) is 5.91 Å². The molecule has 1 aromatic rings. The Morgan fingerprint density at radius 3 is 2.93 bits per heavy atom. The van der Waals surface area contributed by atoms with Crippen molar-refractivity contribution in [2.75, 3.05) is 59.4 Å². The van der Waals surface area contributed by atoms with Crippen LogP contribution in [-0.4, -0.2) is 76.9 Å². The van der Waals surface area contributed by atoms with Crippen LogP contribution in [0.25, 0.3) is 0 Å². The van der Waals surface area contributed by atoms with Crippen LogP contribution in [0.15, 0.2) is 29.3 Å². The molecule has 1 fully saturated rings. The zero-order valence-electron chi connectivity index (χ0n) is 17.9. The molecule has 0 aromatic heterocycles. The molecular weight excluding hydrogens is 370 g/mol. The summed E-state index contributed by atoms with van der Waals surface area (Å²) in [6, 6.07) is 7.82. The number of guanidine groups is 1. The Labute approximate surface area is 174 Å². The van der Waals surface area contributed by atoms with E-state index >= 15 is 0 Å². The third kappa shape index (κ3) is 8.81. The number of carbonyl (C=O) groups excluding carboxylic acids is 1. The lowest BCUT2D eigenvalue weighted by atomic mass is 10.2. The second-order valence-electron chi connectivity index (χ2n) is 7.19. The van der Waals surface area contributed by atoms with Crippen molar-refractivity contribution in [1.29, 1.82) is 0 Å². The van der Waals surface area contributed by atoms with Gasteiger partial charge in [-0.1, -0.05) is 12.1 Å². The summed E-state index contributed by atoms with van der Waals surface area (Å²) in [6.07, 6.45) is 2.43. The number of nitrogens with zero attached hydrogens (tertiary/aromatic N) is 2. The summed E-state index contributed by atoms with van der Waals surface area (Å²) in [7, 11) is 5.59. The number of hydrogen-bond acceptors (Lipinski definition) is 5. The molecule has 0 bridgehead atoms. The smallest absolute Gasteiger partial charge is 0.253 e. The molecule has 0 spiro atoms. The summed E-state index contributed by atoms with van der Waals surface area (Å²) in [5.74, 6) is 0.684. The number of anilines is 1. The fourth-order valence-electron chi connectivity index (χ4n) is 3.13. The van der Waals surface area contributed by atoms with E-state index in [4.69, 9.17) is 9.47 Å². The monoisotopic (exact) mass is 405 g/mol. The normalized spacial score (nSPS) is 16.8. The molecule has 29 heavy (non-hydrogen) atoms. The van der Waals surface area contributed by atoms with Gasteiger partial charge in [-0.3, -0.25) is 9.79 Å². The average Bonchev–Trinajstić information content (AvgIpc) is 3.26. The second kappa shape index (κ2) is 13.1. The maximum absolute atomic E-state index is 12.2. The number of carbonyl (C=O) groups is 1. The molecule has 1 heterocycles. The first-order valence-corrected chi connectivity index (χ1v) is 10.3. The average molecular weight is 406 g/mol. The van der Waals surface area contributed by atoms with Crippen LogP contribution in [0.3, 0.4) is 0 Å². The molecule has 2 rings (SSSR count). The van der Waals surface area contributed by atoms with Crippen molar-refractivity contribution in [3.05, 3.63) is 29.8 Å². The Balaban J connectivity index is 1.72. The number of nitrogens with one attached hydrogen (secondary N) is 3. The molecule has 0 saturated carbocycles. The molecule has 0 aliphatic carbocycles. The lowest BCUT2D eigenvalue weighted by Gasteiger charge is -2.18. The topological polar surface area (TPSA) is 87.2 Å². The molecule has 1 unspecified atom stereocenters. The van der Waals surface area contributed by atoms with Gasteiger partial charge in [-0.15, -0.1) is 0 Å². The van der Waals surface area contributed by atoms with Crippen LogP contribution in [0.5, 0.6) is 0 Å². The Bertz CT molecular complexity index is 647. The third-order valence-corrected chi connectivity index (χ3v) is 4.77. The van der Waals surface area contributed by atoms with Gasteiger partial charge in [0.15, 0.2) is 5.96 Å². The lowest BCUT2D eigenvalue weighted by molar-refractivity contribution is -0.124. The summed E-state index contributed by atoms with van der Waals surface area (Å²) < 4.78 is 10.5. The van der Waals surface area contributed by atoms with Gasteiger partial charge >= 0.3 is 0 Å². The largest absolute Gasteiger partial charge is 0.385 e. The Kier molecular flexibility index (Phi) is 10.5. The lowest BCUT2D eigenvalue weighted by Crippen LogP contribution is -2.40. The van der Waals surface area contributed by atoms with Crippen LogP contribution in [0.4, 0.5) is 5.69 Å². The minimum atomic E-state index is -0.326. The molecule has 1 atom stereocenters. The van der Waals surface area contributed by atoms with Gasteiger partial charge < -0.3 is 30.3 Å². The van der Waals surface area contributed by atoms with Gasteiger partial charge in [-0.2, -0.15) is 0 Å². The number of methoxy groups -OCH3 is 1. The quantitative estimate of drug-likeness (QED) is 0.293. The van der Waals surface area contributed by atoms with Crippen molar-refractivity contribution in [3.63, 3.8) is 0 Å². The van der Waals surface area contributed by atoms with E-state index in [0.717, 1.165) is 62.7 Å². The molecule has 1 aliphatic rings. The highest BCUT2D eigenvalue weighted by Gasteiger charge is 2.23. The van der Waals surface area contributed by atoms with Crippen LogP contribution in [0.2, 0.25) is 0 Å². The molecule has 1 aromatic carbocycles. The van der Waals surface area contributed by atoms with E-state index in [-0.39, 0.29) is 12.0 Å². The SMILES string of the molecule is CN=C(NCCN(C)CCCOC)NCc1cccc(NC(=O)C2CCCO2)c1. The van der Waals surface area contributed by atoms with Gasteiger partial charge in [0, 0.05) is 59.2 Å². The van der Waals surface area contributed by atoms with E-state index < -0.39 is 0 Å². The summed E-state index contributed by atoms with van der Waals surface area (Å²) >= 11 is 0. The number of aliphatic imine (C=N–C) groups is 1. The predicted molar refractivity (Wildman–Crippen MR) is 116 cm³/mol. The fraction of sp³-hybridized carbons (Fsp3) is 0.619. The molecule has 162 valence electrons. The molecule has 1 amide bonds. The molecule has 1 saturated heterocycles. The molecule has 8 nitrogen and oxygen atoms in total. The highest BCUT2D eigenvalue weighted by Crippen LogP contribution is 2.16. The highest BCUT2D eigenvalue weighted by atomic mass is 16.5. The number of benzene rings is 1. The molecule has 1 aliphatic heterocycles. The minimum Gasteiger partial charge on any atom is -0.385 e. The van der Waals surface area contributed by atoms with Gasteiger partial charge in [0.1, 0.15) is 6.10 Å². The van der Waals surface area contributed by atoms with Gasteiger partial charge in [0.05, 0.1) is 0 Å². The van der Waals surface area contributed by atoms with Crippen molar-refractivity contribution in [2.45, 2.75) is 31.9 Å². The van der Waals surface area contributed by atoms with Crippen LogP contribution >= 0.6 is 0 Å². The number of ether oxygens (including phenoxy) is 2. The van der Waals surface area contributed by atoms with Crippen molar-refractivity contribution in [2.24, 2.45) is 4.99 Å². The second-order valence-corrected chi connectivity index (χ2v) is 7.19. The summed E-state index contributed by atoms with van der Waals surface area (Å²) in [5.41, 5.74) is 1.85. The van der Waals surface area contributed by atoms with E-state index in [0.29, 0.717) is 13.2 Å².